The Labute approximate surface area is 271 Å². The van der Waals surface area contributed by atoms with Gasteiger partial charge in [-0.2, -0.15) is 5.10 Å². The number of ether oxygens (including phenoxy) is 1. The predicted octanol–water partition coefficient (Wildman–Crippen LogP) is 4.84. The van der Waals surface area contributed by atoms with Crippen LogP contribution in [0.15, 0.2) is 48.9 Å². The van der Waals surface area contributed by atoms with Crippen molar-refractivity contribution in [3.05, 3.63) is 71.4 Å². The van der Waals surface area contributed by atoms with E-state index in [1.165, 1.54) is 11.1 Å². The highest BCUT2D eigenvalue weighted by molar-refractivity contribution is 5.87. The van der Waals surface area contributed by atoms with Crippen molar-refractivity contribution in [1.29, 1.82) is 0 Å². The van der Waals surface area contributed by atoms with Crippen LogP contribution in [0.1, 0.15) is 69.0 Å². The zero-order valence-electron chi connectivity index (χ0n) is 27.5. The van der Waals surface area contributed by atoms with Gasteiger partial charge in [-0.05, 0) is 87.4 Å². The van der Waals surface area contributed by atoms with Crippen LogP contribution < -0.4 is 9.64 Å². The van der Waals surface area contributed by atoms with E-state index < -0.39 is 0 Å². The molecule has 0 N–H and O–H groups in total. The van der Waals surface area contributed by atoms with Gasteiger partial charge in [0, 0.05) is 49.9 Å². The van der Waals surface area contributed by atoms with E-state index in [0.29, 0.717) is 32.1 Å². The number of fused-ring (bicyclic) bond motifs is 3. The Balaban J connectivity index is 0.996. The number of likely N-dealkylation sites (N-methyl/N-ethyl adjacent to an activating group) is 1. The molecule has 4 aromatic rings. The average molecular weight is 623 g/mol. The molecule has 7 rings (SSSR count). The van der Waals surface area contributed by atoms with Crippen LogP contribution in [0.4, 0.5) is 5.82 Å². The van der Waals surface area contributed by atoms with Crippen molar-refractivity contribution in [2.24, 2.45) is 5.92 Å². The Hall–Kier alpha value is -4.05. The molecule has 1 aromatic carbocycles. The maximum absolute atomic E-state index is 13.8. The molecule has 2 fully saturated rings. The van der Waals surface area contributed by atoms with Crippen LogP contribution in [0.25, 0.3) is 11.0 Å². The van der Waals surface area contributed by atoms with Gasteiger partial charge in [-0.3, -0.25) is 14.7 Å². The molecule has 0 unspecified atom stereocenters. The summed E-state index contributed by atoms with van der Waals surface area (Å²) < 4.78 is 7.73. The summed E-state index contributed by atoms with van der Waals surface area (Å²) in [7, 11) is 0. The lowest BCUT2D eigenvalue weighted by molar-refractivity contribution is -0.138. The Morgan fingerprint density at radius 1 is 0.978 bits per heavy atom. The van der Waals surface area contributed by atoms with Crippen LogP contribution in [-0.4, -0.2) is 86.3 Å². The number of anilines is 1. The largest absolute Gasteiger partial charge is 0.494 e. The molecule has 10 nitrogen and oxygen atoms in total. The van der Waals surface area contributed by atoms with Crippen LogP contribution in [0.3, 0.4) is 0 Å². The third-order valence-electron chi connectivity index (χ3n) is 10.5. The van der Waals surface area contributed by atoms with Crippen LogP contribution in [0.5, 0.6) is 5.75 Å². The number of nitrogens with zero attached hydrogens (tertiary/aromatic N) is 8. The Kier molecular flexibility index (Phi) is 8.64. The third kappa shape index (κ3) is 5.61. The number of rotatable bonds is 8. The van der Waals surface area contributed by atoms with E-state index in [9.17, 15) is 4.79 Å². The quantitative estimate of drug-likeness (QED) is 0.276. The second-order valence-corrected chi connectivity index (χ2v) is 12.9. The van der Waals surface area contributed by atoms with E-state index >= 15 is 0 Å². The van der Waals surface area contributed by atoms with Crippen molar-refractivity contribution in [2.45, 2.75) is 71.4 Å². The minimum atomic E-state index is 0.0280. The summed E-state index contributed by atoms with van der Waals surface area (Å²) in [6, 6.07) is 12.8. The highest BCUT2D eigenvalue weighted by atomic mass is 16.5. The molecule has 3 aliphatic rings. The average Bonchev–Trinajstić information content (AvgIpc) is 3.51. The second kappa shape index (κ2) is 13.0. The van der Waals surface area contributed by atoms with E-state index in [-0.39, 0.29) is 11.5 Å². The lowest BCUT2D eigenvalue weighted by Crippen LogP contribution is -2.54. The molecular weight excluding hydrogens is 576 g/mol. The van der Waals surface area contributed by atoms with Gasteiger partial charge < -0.3 is 14.5 Å². The number of aromatic nitrogens is 5. The van der Waals surface area contributed by atoms with Gasteiger partial charge in [0.15, 0.2) is 5.65 Å². The molecule has 0 bridgehead atoms. The van der Waals surface area contributed by atoms with Gasteiger partial charge in [-0.1, -0.05) is 26.0 Å². The molecule has 10 heteroatoms. The number of hydrogen-bond donors (Lipinski definition) is 0. The maximum atomic E-state index is 13.8. The van der Waals surface area contributed by atoms with Crippen molar-refractivity contribution in [1.82, 2.24) is 34.5 Å². The molecule has 1 saturated heterocycles. The molecule has 0 radical (unpaired) electrons. The summed E-state index contributed by atoms with van der Waals surface area (Å²) in [4.78, 5) is 34.9. The number of aryl methyl sites for hydroxylation is 1. The first-order valence-corrected chi connectivity index (χ1v) is 17.2. The van der Waals surface area contributed by atoms with Crippen LogP contribution in [0.2, 0.25) is 0 Å². The lowest BCUT2D eigenvalue weighted by atomic mass is 9.68. The zero-order valence-corrected chi connectivity index (χ0v) is 27.5. The fraction of sp³-hybridized carbons (Fsp3) is 0.528. The first-order chi connectivity index (χ1) is 22.5. The summed E-state index contributed by atoms with van der Waals surface area (Å²) >= 11 is 0. The van der Waals surface area contributed by atoms with Crippen LogP contribution >= 0.6 is 0 Å². The van der Waals surface area contributed by atoms with Crippen molar-refractivity contribution in [3.63, 3.8) is 0 Å². The molecule has 1 saturated carbocycles. The summed E-state index contributed by atoms with van der Waals surface area (Å²) in [5, 5.41) is 5.59. The molecule has 3 aromatic heterocycles. The highest BCUT2D eigenvalue weighted by Crippen LogP contribution is 2.48. The maximum Gasteiger partial charge on any atom is 0.225 e. The molecule has 1 aliphatic carbocycles. The molecular formula is C36H46N8O2. The summed E-state index contributed by atoms with van der Waals surface area (Å²) in [5.41, 5.74) is 5.75. The second-order valence-electron chi connectivity index (χ2n) is 12.9. The van der Waals surface area contributed by atoms with E-state index in [0.717, 1.165) is 98.7 Å². The van der Waals surface area contributed by atoms with E-state index in [4.69, 9.17) is 9.72 Å². The number of pyridine rings is 1. The van der Waals surface area contributed by atoms with Gasteiger partial charge in [-0.25, -0.2) is 14.6 Å². The Morgan fingerprint density at radius 2 is 1.78 bits per heavy atom. The Morgan fingerprint density at radius 3 is 2.54 bits per heavy atom. The smallest absolute Gasteiger partial charge is 0.225 e. The topological polar surface area (TPSA) is 92.5 Å². The van der Waals surface area contributed by atoms with Gasteiger partial charge in [-0.15, -0.1) is 0 Å². The first kappa shape index (κ1) is 30.6. The molecule has 2 aliphatic heterocycles. The van der Waals surface area contributed by atoms with Gasteiger partial charge in [0.05, 0.1) is 30.4 Å². The molecule has 1 amide bonds. The molecule has 1 spiro atoms. The Bertz CT molecular complexity index is 1690. The lowest BCUT2D eigenvalue weighted by Gasteiger charge is -2.52. The minimum Gasteiger partial charge on any atom is -0.494 e. The number of carbonyl (C=O) groups is 1. The van der Waals surface area contributed by atoms with Crippen molar-refractivity contribution >= 4 is 22.8 Å². The SMILES string of the molecule is CCOc1ccc2c(c1)CCN(CC)[C@]21CC[C@H](C(=O)N2CCN(c3ncnc4c3cnn4Cc3cccc(CC)n3)CC2)CC1. The van der Waals surface area contributed by atoms with Gasteiger partial charge >= 0.3 is 0 Å². The van der Waals surface area contributed by atoms with E-state index in [1.807, 2.05) is 29.9 Å². The van der Waals surface area contributed by atoms with Gasteiger partial charge in [0.1, 0.15) is 17.9 Å². The number of amides is 1. The van der Waals surface area contributed by atoms with Gasteiger partial charge in [0.25, 0.3) is 0 Å². The third-order valence-corrected chi connectivity index (χ3v) is 10.5. The molecule has 5 heterocycles. The van der Waals surface area contributed by atoms with Crippen molar-refractivity contribution in [3.8, 4) is 5.75 Å². The van der Waals surface area contributed by atoms with Crippen LogP contribution in [-0.2, 0) is 29.7 Å². The monoisotopic (exact) mass is 622 g/mol. The number of benzene rings is 1. The molecule has 46 heavy (non-hydrogen) atoms. The van der Waals surface area contributed by atoms with Crippen LogP contribution in [0, 0.1) is 5.92 Å². The summed E-state index contributed by atoms with van der Waals surface area (Å²) in [5.74, 6) is 2.27. The fourth-order valence-corrected chi connectivity index (χ4v) is 8.13. The molecule has 0 atom stereocenters. The zero-order chi connectivity index (χ0) is 31.7. The van der Waals surface area contributed by atoms with E-state index in [1.54, 1.807) is 6.33 Å². The highest BCUT2D eigenvalue weighted by Gasteiger charge is 2.46. The normalized spacial score (nSPS) is 21.9. The summed E-state index contributed by atoms with van der Waals surface area (Å²) in [6.07, 6.45) is 9.37. The number of piperazine rings is 1. The minimum absolute atomic E-state index is 0.0280. The first-order valence-electron chi connectivity index (χ1n) is 17.2. The fourth-order valence-electron chi connectivity index (χ4n) is 8.13. The van der Waals surface area contributed by atoms with Gasteiger partial charge in [0.2, 0.25) is 5.91 Å². The van der Waals surface area contributed by atoms with Crippen molar-refractivity contribution < 1.29 is 9.53 Å². The standard InChI is InChI=1S/C36H46N8O2/c1-4-28-8-7-9-29(40-28)24-44-34-31(23-39-44)33(37-25-38-34)41-18-20-42(21-19-41)35(45)26-12-15-36(16-13-26)32-11-10-30(46-6-3)22-27(32)14-17-43(36)5-2/h7-11,22-23,25-26H,4-6,12-21,24H2,1-3H3/t26-,36-. The van der Waals surface area contributed by atoms with E-state index in [2.05, 4.69) is 67.9 Å². The molecule has 242 valence electrons. The van der Waals surface area contributed by atoms with Crippen molar-refractivity contribution in [2.75, 3.05) is 50.8 Å². The number of carbonyl (C=O) groups excluding carboxylic acids is 1. The number of hydrogen-bond acceptors (Lipinski definition) is 8. The predicted molar refractivity (Wildman–Crippen MR) is 179 cm³/mol. The summed E-state index contributed by atoms with van der Waals surface area (Å²) in [6.45, 7) is 12.7.